The molecule has 2 heterocycles. The Balaban J connectivity index is 1.97. The Morgan fingerprint density at radius 2 is 1.95 bits per heavy atom. The van der Waals surface area contributed by atoms with Gasteiger partial charge >= 0.3 is 0 Å². The van der Waals surface area contributed by atoms with E-state index in [0.717, 1.165) is 19.3 Å². The lowest BCUT2D eigenvalue weighted by Crippen LogP contribution is -2.53. The number of carbonyl (C=O) groups excluding carboxylic acids is 1. The first-order chi connectivity index (χ1) is 9.04. The van der Waals surface area contributed by atoms with Crippen LogP contribution in [0.3, 0.4) is 0 Å². The molecule has 0 amide bonds. The van der Waals surface area contributed by atoms with Gasteiger partial charge in [0.15, 0.2) is 0 Å². The highest BCUT2D eigenvalue weighted by molar-refractivity contribution is 5.79. The average molecular weight is 271 g/mol. The predicted octanol–water partition coefficient (Wildman–Crippen LogP) is 0.0651. The molecular weight excluding hydrogens is 246 g/mol. The molecule has 0 bridgehead atoms. The first kappa shape index (κ1) is 14.9. The molecule has 19 heavy (non-hydrogen) atoms. The number of rotatable bonds is 5. The highest BCUT2D eigenvalue weighted by atomic mass is 16.3. The largest absolute Gasteiger partial charge is 0.391 e. The highest BCUT2D eigenvalue weighted by Gasteiger charge is 2.48. The maximum absolute atomic E-state index is 11.9. The van der Waals surface area contributed by atoms with E-state index in [1.807, 2.05) is 4.90 Å². The predicted molar refractivity (Wildman–Crippen MR) is 70.7 cm³/mol. The first-order valence-corrected chi connectivity index (χ1v) is 7.36. The quantitative estimate of drug-likeness (QED) is 0.659. The second-order valence-corrected chi connectivity index (χ2v) is 5.89. The van der Waals surface area contributed by atoms with E-state index in [4.69, 9.17) is 0 Å². The molecular formula is C14H25NO4. The number of aliphatic hydroxyl groups excluding tert-OH is 3. The summed E-state index contributed by atoms with van der Waals surface area (Å²) in [5.74, 6) is 0.248. The summed E-state index contributed by atoms with van der Waals surface area (Å²) in [6.45, 7) is 2.42. The Bertz CT molecular complexity index is 323. The second kappa shape index (κ2) is 6.31. The number of Topliss-reactive ketones (excluding diaryl/α,β-unsaturated/α-hetero) is 1. The highest BCUT2D eigenvalue weighted by Crippen LogP contribution is 2.33. The van der Waals surface area contributed by atoms with Crippen LogP contribution in [0.1, 0.15) is 45.4 Å². The van der Waals surface area contributed by atoms with E-state index >= 15 is 0 Å². The zero-order chi connectivity index (χ0) is 14.0. The van der Waals surface area contributed by atoms with Crippen LogP contribution >= 0.6 is 0 Å². The molecule has 5 heteroatoms. The van der Waals surface area contributed by atoms with E-state index in [-0.39, 0.29) is 11.8 Å². The van der Waals surface area contributed by atoms with Gasteiger partial charge in [-0.2, -0.15) is 0 Å². The minimum absolute atomic E-state index is 0.0598. The van der Waals surface area contributed by atoms with E-state index in [1.165, 1.54) is 0 Å². The number of piperidine rings is 1. The van der Waals surface area contributed by atoms with Gasteiger partial charge in [-0.05, 0) is 19.3 Å². The topological polar surface area (TPSA) is 81.0 Å². The summed E-state index contributed by atoms with van der Waals surface area (Å²) in [7, 11) is 0. The lowest BCUT2D eigenvalue weighted by molar-refractivity contribution is -0.122. The van der Waals surface area contributed by atoms with Gasteiger partial charge in [-0.15, -0.1) is 0 Å². The lowest BCUT2D eigenvalue weighted by Gasteiger charge is -2.41. The Morgan fingerprint density at radius 3 is 2.63 bits per heavy atom. The molecule has 2 aliphatic heterocycles. The zero-order valence-electron chi connectivity index (χ0n) is 11.5. The summed E-state index contributed by atoms with van der Waals surface area (Å²) < 4.78 is 0. The van der Waals surface area contributed by atoms with Crippen molar-refractivity contribution >= 4 is 5.78 Å². The normalized spacial score (nSPS) is 39.3. The van der Waals surface area contributed by atoms with Gasteiger partial charge in [0.05, 0.1) is 24.4 Å². The molecule has 0 aromatic carbocycles. The third-order valence-corrected chi connectivity index (χ3v) is 4.46. The second-order valence-electron chi connectivity index (χ2n) is 5.89. The number of hydrogen-bond acceptors (Lipinski definition) is 5. The molecule has 2 saturated heterocycles. The van der Waals surface area contributed by atoms with Gasteiger partial charge in [-0.1, -0.05) is 13.3 Å². The molecule has 0 radical (unpaired) electrons. The number of hydrogen-bond donors (Lipinski definition) is 3. The summed E-state index contributed by atoms with van der Waals surface area (Å²) in [5, 5.41) is 29.6. The first-order valence-electron chi connectivity index (χ1n) is 7.36. The zero-order valence-corrected chi connectivity index (χ0v) is 11.5. The third kappa shape index (κ3) is 3.16. The number of nitrogens with zero attached hydrogens (tertiary/aromatic N) is 1. The molecule has 0 aliphatic carbocycles. The summed E-state index contributed by atoms with van der Waals surface area (Å²) in [5.41, 5.74) is 0. The number of aliphatic hydroxyl groups is 3. The summed E-state index contributed by atoms with van der Waals surface area (Å²) >= 11 is 0. The average Bonchev–Trinajstić information content (AvgIpc) is 2.68. The van der Waals surface area contributed by atoms with Crippen molar-refractivity contribution in [2.45, 2.75) is 75.8 Å². The van der Waals surface area contributed by atoms with Crippen molar-refractivity contribution < 1.29 is 20.1 Å². The van der Waals surface area contributed by atoms with Crippen LogP contribution in [-0.2, 0) is 4.79 Å². The monoisotopic (exact) mass is 271 g/mol. The minimum atomic E-state index is -0.899. The number of carbonyl (C=O) groups is 1. The van der Waals surface area contributed by atoms with Crippen molar-refractivity contribution in [2.24, 2.45) is 0 Å². The summed E-state index contributed by atoms with van der Waals surface area (Å²) in [4.78, 5) is 13.8. The fourth-order valence-corrected chi connectivity index (χ4v) is 3.37. The van der Waals surface area contributed by atoms with Crippen LogP contribution in [-0.4, -0.2) is 62.9 Å². The van der Waals surface area contributed by atoms with Crippen molar-refractivity contribution in [1.82, 2.24) is 4.90 Å². The van der Waals surface area contributed by atoms with Gasteiger partial charge in [-0.25, -0.2) is 0 Å². The molecule has 0 aromatic heterocycles. The van der Waals surface area contributed by atoms with Crippen LogP contribution in [0.15, 0.2) is 0 Å². The number of unbranched alkanes of at least 4 members (excludes halogenated alkanes) is 1. The molecule has 110 valence electrons. The molecule has 2 aliphatic rings. The van der Waals surface area contributed by atoms with E-state index in [9.17, 15) is 20.1 Å². The van der Waals surface area contributed by atoms with Gasteiger partial charge in [0.1, 0.15) is 5.78 Å². The maximum atomic E-state index is 11.9. The SMILES string of the molecule is CCCCC(=O)C[C@H]1CC[C@@H](O)[C@@H]2[C@H](O)[C@H](O)CN12. The molecule has 2 fully saturated rings. The van der Waals surface area contributed by atoms with Crippen LogP contribution in [0, 0.1) is 0 Å². The van der Waals surface area contributed by atoms with Gasteiger partial charge in [0, 0.05) is 25.4 Å². The Kier molecular flexibility index (Phi) is 4.95. The van der Waals surface area contributed by atoms with Gasteiger partial charge < -0.3 is 15.3 Å². The van der Waals surface area contributed by atoms with E-state index in [1.54, 1.807) is 0 Å². The van der Waals surface area contributed by atoms with Crippen molar-refractivity contribution in [1.29, 1.82) is 0 Å². The molecule has 3 N–H and O–H groups in total. The Hall–Kier alpha value is -0.490. The van der Waals surface area contributed by atoms with Gasteiger partial charge in [0.25, 0.3) is 0 Å². The Morgan fingerprint density at radius 1 is 1.21 bits per heavy atom. The van der Waals surface area contributed by atoms with Gasteiger partial charge in [-0.3, -0.25) is 9.69 Å². The maximum Gasteiger partial charge on any atom is 0.134 e. The number of fused-ring (bicyclic) bond motifs is 1. The third-order valence-electron chi connectivity index (χ3n) is 4.46. The molecule has 0 aromatic rings. The van der Waals surface area contributed by atoms with Crippen LogP contribution in [0.25, 0.3) is 0 Å². The van der Waals surface area contributed by atoms with Crippen LogP contribution in [0.2, 0.25) is 0 Å². The van der Waals surface area contributed by atoms with Crippen LogP contribution < -0.4 is 0 Å². The van der Waals surface area contributed by atoms with Gasteiger partial charge in [0.2, 0.25) is 0 Å². The van der Waals surface area contributed by atoms with Crippen molar-refractivity contribution in [3.05, 3.63) is 0 Å². The Labute approximate surface area is 114 Å². The lowest BCUT2D eigenvalue weighted by atomic mass is 9.89. The van der Waals surface area contributed by atoms with Crippen molar-refractivity contribution in [3.63, 3.8) is 0 Å². The van der Waals surface area contributed by atoms with Crippen LogP contribution in [0.5, 0.6) is 0 Å². The summed E-state index contributed by atoms with van der Waals surface area (Å²) in [6, 6.07) is -0.350. The standard InChI is InChI=1S/C14H25NO4/c1-2-3-4-10(16)7-9-5-6-11(17)13-14(19)12(18)8-15(9)13/h9,11-14,17-19H,2-8H2,1H3/t9-,11-,12-,13-,14-/m1/s1. The van der Waals surface area contributed by atoms with Crippen molar-refractivity contribution in [3.8, 4) is 0 Å². The fourth-order valence-electron chi connectivity index (χ4n) is 3.37. The molecule has 0 unspecified atom stereocenters. The molecule has 2 rings (SSSR count). The fraction of sp³-hybridized carbons (Fsp3) is 0.929. The van der Waals surface area contributed by atoms with E-state index in [0.29, 0.717) is 25.8 Å². The molecule has 0 spiro atoms. The van der Waals surface area contributed by atoms with Crippen LogP contribution in [0.4, 0.5) is 0 Å². The van der Waals surface area contributed by atoms with Crippen molar-refractivity contribution in [2.75, 3.05) is 6.54 Å². The van der Waals surface area contributed by atoms with E-state index in [2.05, 4.69) is 6.92 Å². The molecule has 0 saturated carbocycles. The molecule has 5 atom stereocenters. The summed E-state index contributed by atoms with van der Waals surface area (Å²) in [6.07, 6.45) is 2.05. The van der Waals surface area contributed by atoms with E-state index < -0.39 is 24.4 Å². The number of ketones is 1. The smallest absolute Gasteiger partial charge is 0.134 e. The minimum Gasteiger partial charge on any atom is -0.391 e. The molecule has 5 nitrogen and oxygen atoms in total.